The lowest BCUT2D eigenvalue weighted by molar-refractivity contribution is -0.129. The standard InChI is InChI=1S/C25H19BrINO4/c1-15-4-3-5-16(10-15)14-31-23-20(26)11-17(13-22(23)30-2)12-21-25(29)32-24(28-21)18-6-8-19(27)9-7-18/h3-13H,14H2,1-2H3/b21-12-. The Morgan fingerprint density at radius 1 is 1.12 bits per heavy atom. The predicted octanol–water partition coefficient (Wildman–Crippen LogP) is 6.29. The highest BCUT2D eigenvalue weighted by molar-refractivity contribution is 14.1. The number of cyclic esters (lactones) is 1. The quantitative estimate of drug-likeness (QED) is 0.189. The molecule has 0 aromatic heterocycles. The molecule has 1 heterocycles. The monoisotopic (exact) mass is 603 g/mol. The molecule has 0 amide bonds. The van der Waals surface area contributed by atoms with Crippen molar-refractivity contribution < 1.29 is 19.0 Å². The van der Waals surface area contributed by atoms with Gasteiger partial charge in [-0.25, -0.2) is 9.79 Å². The van der Waals surface area contributed by atoms with Gasteiger partial charge in [-0.05, 0) is 99.0 Å². The van der Waals surface area contributed by atoms with E-state index in [0.717, 1.165) is 20.3 Å². The van der Waals surface area contributed by atoms with Gasteiger partial charge in [0.2, 0.25) is 5.90 Å². The van der Waals surface area contributed by atoms with Gasteiger partial charge in [-0.2, -0.15) is 0 Å². The van der Waals surface area contributed by atoms with Gasteiger partial charge in [-0.3, -0.25) is 0 Å². The van der Waals surface area contributed by atoms with Crippen LogP contribution in [0.2, 0.25) is 0 Å². The van der Waals surface area contributed by atoms with Crippen LogP contribution in [0.1, 0.15) is 22.3 Å². The van der Waals surface area contributed by atoms with Crippen LogP contribution in [0.25, 0.3) is 6.08 Å². The molecule has 0 fully saturated rings. The van der Waals surface area contributed by atoms with Crippen LogP contribution in [0.15, 0.2) is 75.8 Å². The minimum atomic E-state index is -0.492. The number of halogens is 2. The number of carbonyl (C=O) groups excluding carboxylic acids is 1. The van der Waals surface area contributed by atoms with Crippen LogP contribution < -0.4 is 9.47 Å². The molecule has 0 saturated carbocycles. The van der Waals surface area contributed by atoms with Crippen molar-refractivity contribution in [2.75, 3.05) is 7.11 Å². The third kappa shape index (κ3) is 5.21. The average Bonchev–Trinajstić information content (AvgIpc) is 3.13. The van der Waals surface area contributed by atoms with Crippen LogP contribution in [0, 0.1) is 10.5 Å². The number of esters is 1. The Bertz CT molecular complexity index is 1240. The first-order valence-corrected chi connectivity index (χ1v) is 11.6. The van der Waals surface area contributed by atoms with Crippen LogP contribution in [0.3, 0.4) is 0 Å². The summed E-state index contributed by atoms with van der Waals surface area (Å²) in [6.07, 6.45) is 1.67. The third-order valence-electron chi connectivity index (χ3n) is 4.73. The zero-order chi connectivity index (χ0) is 22.7. The summed E-state index contributed by atoms with van der Waals surface area (Å²) in [7, 11) is 1.58. The molecule has 32 heavy (non-hydrogen) atoms. The zero-order valence-corrected chi connectivity index (χ0v) is 21.1. The van der Waals surface area contributed by atoms with Gasteiger partial charge < -0.3 is 14.2 Å². The fourth-order valence-electron chi connectivity index (χ4n) is 3.20. The number of rotatable bonds is 6. The second-order valence-corrected chi connectivity index (χ2v) is 9.25. The molecule has 7 heteroatoms. The minimum absolute atomic E-state index is 0.223. The normalized spacial score (nSPS) is 14.3. The number of aliphatic imine (C=N–C) groups is 1. The summed E-state index contributed by atoms with van der Waals surface area (Å²) in [5.74, 6) is 0.940. The Morgan fingerprint density at radius 2 is 1.91 bits per heavy atom. The maximum absolute atomic E-state index is 12.3. The van der Waals surface area contributed by atoms with E-state index in [1.165, 1.54) is 5.56 Å². The number of aryl methyl sites for hydroxylation is 1. The molecule has 1 aliphatic heterocycles. The minimum Gasteiger partial charge on any atom is -0.493 e. The number of nitrogens with zero attached hydrogens (tertiary/aromatic N) is 1. The van der Waals surface area contributed by atoms with Crippen molar-refractivity contribution >= 4 is 56.5 Å². The Hall–Kier alpha value is -2.65. The van der Waals surface area contributed by atoms with Gasteiger partial charge in [-0.15, -0.1) is 0 Å². The SMILES string of the molecule is COc1cc(/C=C2\N=C(c3ccc(I)cc3)OC2=O)cc(Br)c1OCc1cccc(C)c1. The molecule has 0 radical (unpaired) electrons. The molecule has 1 aliphatic rings. The van der Waals surface area contributed by atoms with E-state index in [4.69, 9.17) is 14.2 Å². The Labute approximate surface area is 208 Å². The second-order valence-electron chi connectivity index (χ2n) is 7.15. The van der Waals surface area contributed by atoms with Gasteiger partial charge >= 0.3 is 5.97 Å². The highest BCUT2D eigenvalue weighted by Crippen LogP contribution is 2.38. The Kier molecular flexibility index (Phi) is 6.95. The van der Waals surface area contributed by atoms with E-state index < -0.39 is 5.97 Å². The van der Waals surface area contributed by atoms with Crippen LogP contribution in [0.5, 0.6) is 11.5 Å². The molecule has 0 atom stereocenters. The van der Waals surface area contributed by atoms with Crippen molar-refractivity contribution in [1.29, 1.82) is 0 Å². The van der Waals surface area contributed by atoms with Crippen molar-refractivity contribution in [3.63, 3.8) is 0 Å². The molecular formula is C25H19BrINO4. The summed E-state index contributed by atoms with van der Waals surface area (Å²) in [5, 5.41) is 0. The van der Waals surface area contributed by atoms with Gasteiger partial charge in [-0.1, -0.05) is 29.8 Å². The summed E-state index contributed by atoms with van der Waals surface area (Å²) < 4.78 is 18.7. The summed E-state index contributed by atoms with van der Waals surface area (Å²) in [5.41, 5.74) is 3.95. The molecule has 0 spiro atoms. The number of benzene rings is 3. The van der Waals surface area contributed by atoms with Crippen LogP contribution >= 0.6 is 38.5 Å². The average molecular weight is 604 g/mol. The van der Waals surface area contributed by atoms with E-state index in [-0.39, 0.29) is 5.70 Å². The molecule has 3 aromatic carbocycles. The summed E-state index contributed by atoms with van der Waals surface area (Å²) >= 11 is 5.78. The van der Waals surface area contributed by atoms with Gasteiger partial charge in [0.1, 0.15) is 6.61 Å². The first-order chi connectivity index (χ1) is 15.4. The maximum atomic E-state index is 12.3. The van der Waals surface area contributed by atoms with Crippen molar-refractivity contribution in [3.8, 4) is 11.5 Å². The lowest BCUT2D eigenvalue weighted by Gasteiger charge is -2.14. The number of hydrogen-bond acceptors (Lipinski definition) is 5. The predicted molar refractivity (Wildman–Crippen MR) is 136 cm³/mol. The van der Waals surface area contributed by atoms with E-state index in [1.807, 2.05) is 55.5 Å². The van der Waals surface area contributed by atoms with Gasteiger partial charge in [0.15, 0.2) is 17.2 Å². The largest absolute Gasteiger partial charge is 0.493 e. The van der Waals surface area contributed by atoms with E-state index in [2.05, 4.69) is 49.6 Å². The first-order valence-electron chi connectivity index (χ1n) is 9.77. The summed E-state index contributed by atoms with van der Waals surface area (Å²) in [4.78, 5) is 16.7. The second kappa shape index (κ2) is 9.87. The molecule has 4 rings (SSSR count). The molecule has 3 aromatic rings. The summed E-state index contributed by atoms with van der Waals surface area (Å²) in [6, 6.07) is 19.4. The van der Waals surface area contributed by atoms with E-state index in [9.17, 15) is 4.79 Å². The van der Waals surface area contributed by atoms with Crippen molar-refractivity contribution in [1.82, 2.24) is 0 Å². The van der Waals surface area contributed by atoms with E-state index in [0.29, 0.717) is 28.5 Å². The van der Waals surface area contributed by atoms with Crippen LogP contribution in [-0.2, 0) is 16.1 Å². The fraction of sp³-hybridized carbons (Fsp3) is 0.120. The number of ether oxygens (including phenoxy) is 3. The van der Waals surface area contributed by atoms with Crippen LogP contribution in [0.4, 0.5) is 0 Å². The molecule has 0 saturated heterocycles. The Morgan fingerprint density at radius 3 is 2.62 bits per heavy atom. The molecule has 0 aliphatic carbocycles. The van der Waals surface area contributed by atoms with Crippen molar-refractivity contribution in [2.45, 2.75) is 13.5 Å². The van der Waals surface area contributed by atoms with Crippen molar-refractivity contribution in [2.24, 2.45) is 4.99 Å². The molecule has 0 bridgehead atoms. The maximum Gasteiger partial charge on any atom is 0.363 e. The smallest absolute Gasteiger partial charge is 0.363 e. The third-order valence-corrected chi connectivity index (χ3v) is 6.04. The lowest BCUT2D eigenvalue weighted by atomic mass is 10.1. The van der Waals surface area contributed by atoms with E-state index in [1.54, 1.807) is 19.3 Å². The van der Waals surface area contributed by atoms with Gasteiger partial charge in [0, 0.05) is 9.13 Å². The van der Waals surface area contributed by atoms with E-state index >= 15 is 0 Å². The molecule has 0 unspecified atom stereocenters. The number of hydrogen-bond donors (Lipinski definition) is 0. The van der Waals surface area contributed by atoms with Gasteiger partial charge in [0.25, 0.3) is 0 Å². The van der Waals surface area contributed by atoms with Crippen LogP contribution in [-0.4, -0.2) is 19.0 Å². The zero-order valence-electron chi connectivity index (χ0n) is 17.4. The lowest BCUT2D eigenvalue weighted by Crippen LogP contribution is -2.05. The number of methoxy groups -OCH3 is 1. The molecule has 162 valence electrons. The fourth-order valence-corrected chi connectivity index (χ4v) is 4.14. The molecule has 5 nitrogen and oxygen atoms in total. The topological polar surface area (TPSA) is 57.1 Å². The highest BCUT2D eigenvalue weighted by atomic mass is 127. The number of carbonyl (C=O) groups is 1. The van der Waals surface area contributed by atoms with Gasteiger partial charge in [0.05, 0.1) is 11.6 Å². The first kappa shape index (κ1) is 22.5. The molecule has 0 N–H and O–H groups in total. The Balaban J connectivity index is 1.59. The molecular weight excluding hydrogens is 585 g/mol. The highest BCUT2D eigenvalue weighted by Gasteiger charge is 2.24. The van der Waals surface area contributed by atoms with Crippen molar-refractivity contribution in [3.05, 3.63) is 96.7 Å². The summed E-state index contributed by atoms with van der Waals surface area (Å²) in [6.45, 7) is 2.45.